The van der Waals surface area contributed by atoms with E-state index in [0.717, 1.165) is 0 Å². The SMILES string of the molecule is NC(CCl)=Nc1ccccc1S(N)(=O)=O. The fourth-order valence-corrected chi connectivity index (χ4v) is 1.71. The normalized spacial score (nSPS) is 12.8. The Kier molecular flexibility index (Phi) is 3.67. The second-order valence-electron chi connectivity index (χ2n) is 2.75. The molecule has 0 radical (unpaired) electrons. The Labute approximate surface area is 92.8 Å². The number of rotatable bonds is 3. The third-order valence-corrected chi connectivity index (χ3v) is 2.80. The molecule has 1 aromatic carbocycles. The molecule has 0 aliphatic rings. The number of benzene rings is 1. The first-order valence-electron chi connectivity index (χ1n) is 3.96. The summed E-state index contributed by atoms with van der Waals surface area (Å²) in [4.78, 5) is 3.78. The lowest BCUT2D eigenvalue weighted by molar-refractivity contribution is 0.598. The monoisotopic (exact) mass is 247 g/mol. The first-order chi connectivity index (χ1) is 6.95. The van der Waals surface area contributed by atoms with Crippen molar-refractivity contribution in [3.63, 3.8) is 0 Å². The van der Waals surface area contributed by atoms with Gasteiger partial charge in [-0.1, -0.05) is 12.1 Å². The highest BCUT2D eigenvalue weighted by Crippen LogP contribution is 2.22. The minimum atomic E-state index is -3.79. The quantitative estimate of drug-likeness (QED) is 0.464. The second-order valence-corrected chi connectivity index (χ2v) is 4.55. The predicted octanol–water partition coefficient (Wildman–Crippen LogP) is 0.562. The first-order valence-corrected chi connectivity index (χ1v) is 6.04. The summed E-state index contributed by atoms with van der Waals surface area (Å²) in [7, 11) is -3.79. The van der Waals surface area contributed by atoms with Gasteiger partial charge >= 0.3 is 0 Å². The summed E-state index contributed by atoms with van der Waals surface area (Å²) in [6.07, 6.45) is 0. The molecule has 0 atom stereocenters. The van der Waals surface area contributed by atoms with E-state index in [2.05, 4.69) is 4.99 Å². The molecular formula is C8H10ClN3O2S. The van der Waals surface area contributed by atoms with Crippen LogP contribution in [-0.2, 0) is 10.0 Å². The van der Waals surface area contributed by atoms with Crippen LogP contribution in [0, 0.1) is 0 Å². The Bertz CT molecular complexity index is 484. The number of hydrogen-bond acceptors (Lipinski definition) is 3. The minimum Gasteiger partial charge on any atom is -0.386 e. The van der Waals surface area contributed by atoms with E-state index in [1.54, 1.807) is 12.1 Å². The third-order valence-electron chi connectivity index (χ3n) is 1.57. The van der Waals surface area contributed by atoms with Crippen LogP contribution in [0.5, 0.6) is 0 Å². The van der Waals surface area contributed by atoms with Gasteiger partial charge < -0.3 is 5.73 Å². The maximum atomic E-state index is 11.2. The number of para-hydroxylation sites is 1. The molecule has 0 saturated heterocycles. The molecule has 82 valence electrons. The first kappa shape index (κ1) is 12.0. The summed E-state index contributed by atoms with van der Waals surface area (Å²) in [6.45, 7) is 0. The highest BCUT2D eigenvalue weighted by Gasteiger charge is 2.12. The van der Waals surface area contributed by atoms with Gasteiger partial charge in [-0.15, -0.1) is 11.6 Å². The number of amidine groups is 1. The van der Waals surface area contributed by atoms with Crippen LogP contribution in [0.25, 0.3) is 0 Å². The van der Waals surface area contributed by atoms with E-state index in [9.17, 15) is 8.42 Å². The Balaban J connectivity index is 3.31. The summed E-state index contributed by atoms with van der Waals surface area (Å²) in [5.74, 6) is 0.159. The zero-order valence-corrected chi connectivity index (χ0v) is 9.29. The van der Waals surface area contributed by atoms with Crippen LogP contribution >= 0.6 is 11.6 Å². The van der Waals surface area contributed by atoms with Crippen molar-refractivity contribution in [3.05, 3.63) is 24.3 Å². The fraction of sp³-hybridized carbons (Fsp3) is 0.125. The number of primary sulfonamides is 1. The summed E-state index contributed by atoms with van der Waals surface area (Å²) in [5, 5.41) is 5.00. The average molecular weight is 248 g/mol. The second kappa shape index (κ2) is 4.61. The molecule has 0 aliphatic carbocycles. The lowest BCUT2D eigenvalue weighted by Crippen LogP contribution is -2.15. The molecule has 5 nitrogen and oxygen atoms in total. The molecule has 0 aliphatic heterocycles. The van der Waals surface area contributed by atoms with E-state index < -0.39 is 10.0 Å². The highest BCUT2D eigenvalue weighted by atomic mass is 35.5. The molecule has 0 amide bonds. The summed E-state index contributed by atoms with van der Waals surface area (Å²) in [5.41, 5.74) is 5.59. The van der Waals surface area contributed by atoms with Gasteiger partial charge in [0.25, 0.3) is 0 Å². The lowest BCUT2D eigenvalue weighted by atomic mass is 10.3. The average Bonchev–Trinajstić information content (AvgIpc) is 2.17. The number of nitrogens with zero attached hydrogens (tertiary/aromatic N) is 1. The molecule has 0 heterocycles. The van der Waals surface area contributed by atoms with E-state index in [-0.39, 0.29) is 22.3 Å². The maximum Gasteiger partial charge on any atom is 0.240 e. The largest absolute Gasteiger partial charge is 0.386 e. The molecule has 0 bridgehead atoms. The molecular weight excluding hydrogens is 238 g/mol. The van der Waals surface area contributed by atoms with E-state index in [4.69, 9.17) is 22.5 Å². The Morgan fingerprint density at radius 3 is 2.53 bits per heavy atom. The van der Waals surface area contributed by atoms with Crippen molar-refractivity contribution in [2.75, 3.05) is 5.88 Å². The van der Waals surface area contributed by atoms with Gasteiger partial charge in [-0.2, -0.15) is 0 Å². The van der Waals surface area contributed by atoms with Crippen LogP contribution < -0.4 is 10.9 Å². The highest BCUT2D eigenvalue weighted by molar-refractivity contribution is 7.89. The van der Waals surface area contributed by atoms with Crippen molar-refractivity contribution in [1.29, 1.82) is 0 Å². The Hall–Kier alpha value is -1.11. The van der Waals surface area contributed by atoms with Crippen LogP contribution in [0.3, 0.4) is 0 Å². The molecule has 1 rings (SSSR count). The van der Waals surface area contributed by atoms with E-state index >= 15 is 0 Å². The van der Waals surface area contributed by atoms with Crippen molar-refractivity contribution in [1.82, 2.24) is 0 Å². The number of alkyl halides is 1. The van der Waals surface area contributed by atoms with Crippen molar-refractivity contribution in [3.8, 4) is 0 Å². The smallest absolute Gasteiger partial charge is 0.240 e. The summed E-state index contributed by atoms with van der Waals surface area (Å²) in [6, 6.07) is 6.04. The molecule has 1 aromatic rings. The molecule has 0 aromatic heterocycles. The standard InChI is InChI=1S/C8H10ClN3O2S/c9-5-8(10)12-6-3-1-2-4-7(6)15(11,13)14/h1-4H,5H2,(H2,10,12)(H2,11,13,14). The molecule has 0 fully saturated rings. The molecule has 0 spiro atoms. The van der Waals surface area contributed by atoms with Crippen LogP contribution in [0.1, 0.15) is 0 Å². The molecule has 15 heavy (non-hydrogen) atoms. The number of sulfonamides is 1. The molecule has 0 unspecified atom stereocenters. The van der Waals surface area contributed by atoms with E-state index in [1.165, 1.54) is 12.1 Å². The van der Waals surface area contributed by atoms with Gasteiger partial charge in [0.15, 0.2) is 0 Å². The van der Waals surface area contributed by atoms with Gasteiger partial charge in [0, 0.05) is 0 Å². The molecule has 0 saturated carbocycles. The van der Waals surface area contributed by atoms with Gasteiger partial charge in [0.2, 0.25) is 10.0 Å². The summed E-state index contributed by atoms with van der Waals surface area (Å²) < 4.78 is 22.3. The molecule has 4 N–H and O–H groups in total. The van der Waals surface area contributed by atoms with Gasteiger partial charge in [-0.05, 0) is 12.1 Å². The van der Waals surface area contributed by atoms with Crippen LogP contribution in [0.15, 0.2) is 34.2 Å². The fourth-order valence-electron chi connectivity index (χ4n) is 0.975. The van der Waals surface area contributed by atoms with E-state index in [0.29, 0.717) is 0 Å². The lowest BCUT2D eigenvalue weighted by Gasteiger charge is -2.03. The number of hydrogen-bond donors (Lipinski definition) is 2. The van der Waals surface area contributed by atoms with Crippen molar-refractivity contribution >= 4 is 33.1 Å². The molecule has 7 heteroatoms. The van der Waals surface area contributed by atoms with Gasteiger partial charge in [-0.3, -0.25) is 0 Å². The van der Waals surface area contributed by atoms with Gasteiger partial charge in [0.1, 0.15) is 10.7 Å². The topological polar surface area (TPSA) is 98.5 Å². The number of aliphatic imine (C=N–C) groups is 1. The van der Waals surface area contributed by atoms with Crippen LogP contribution in [-0.4, -0.2) is 20.1 Å². The number of nitrogens with two attached hydrogens (primary N) is 2. The predicted molar refractivity (Wildman–Crippen MR) is 59.8 cm³/mol. The third kappa shape index (κ3) is 3.19. The Morgan fingerprint density at radius 2 is 2.00 bits per heavy atom. The van der Waals surface area contributed by atoms with Gasteiger partial charge in [-0.25, -0.2) is 18.5 Å². The van der Waals surface area contributed by atoms with Crippen molar-refractivity contribution in [2.24, 2.45) is 15.9 Å². The van der Waals surface area contributed by atoms with Crippen LogP contribution in [0.2, 0.25) is 0 Å². The Morgan fingerprint density at radius 1 is 1.40 bits per heavy atom. The van der Waals surface area contributed by atoms with Gasteiger partial charge in [0.05, 0.1) is 11.6 Å². The van der Waals surface area contributed by atoms with E-state index in [1.807, 2.05) is 0 Å². The zero-order chi connectivity index (χ0) is 11.5. The maximum absolute atomic E-state index is 11.2. The summed E-state index contributed by atoms with van der Waals surface area (Å²) >= 11 is 5.43. The van der Waals surface area contributed by atoms with Crippen molar-refractivity contribution in [2.45, 2.75) is 4.90 Å². The van der Waals surface area contributed by atoms with Crippen molar-refractivity contribution < 1.29 is 8.42 Å². The van der Waals surface area contributed by atoms with Crippen LogP contribution in [0.4, 0.5) is 5.69 Å². The number of halogens is 1. The minimum absolute atomic E-state index is 0.0267. The zero-order valence-electron chi connectivity index (χ0n) is 7.72.